The number of hydrogen-bond acceptors (Lipinski definition) is 3. The molecule has 4 heteroatoms. The summed E-state index contributed by atoms with van der Waals surface area (Å²) in [6.45, 7) is 10.2. The Morgan fingerprint density at radius 2 is 1.76 bits per heavy atom. The van der Waals surface area contributed by atoms with Crippen molar-refractivity contribution in [2.24, 2.45) is 5.73 Å². The third-order valence-corrected chi connectivity index (χ3v) is 4.28. The van der Waals surface area contributed by atoms with Crippen molar-refractivity contribution in [3.63, 3.8) is 0 Å². The molecule has 0 amide bonds. The predicted molar refractivity (Wildman–Crippen MR) is 105 cm³/mol. The van der Waals surface area contributed by atoms with Crippen molar-refractivity contribution >= 4 is 11.6 Å². The van der Waals surface area contributed by atoms with E-state index in [1.54, 1.807) is 0 Å². The van der Waals surface area contributed by atoms with Crippen LogP contribution in [0.5, 0.6) is 11.5 Å². The van der Waals surface area contributed by atoms with Gasteiger partial charge in [-0.05, 0) is 60.2 Å². The highest BCUT2D eigenvalue weighted by Gasteiger charge is 2.20. The normalized spacial score (nSPS) is 11.4. The van der Waals surface area contributed by atoms with Crippen molar-refractivity contribution in [2.45, 2.75) is 39.5 Å². The maximum Gasteiger partial charge on any atom is 0.126 e. The highest BCUT2D eigenvalue weighted by molar-refractivity contribution is 6.30. The van der Waals surface area contributed by atoms with Gasteiger partial charge in [0.2, 0.25) is 0 Å². The second-order valence-corrected chi connectivity index (χ2v) is 7.63. The molecule has 25 heavy (non-hydrogen) atoms. The Labute approximate surface area is 156 Å². The molecule has 0 saturated carbocycles. The maximum atomic E-state index is 6.06. The molecule has 136 valence electrons. The molecule has 0 aliphatic heterocycles. The van der Waals surface area contributed by atoms with E-state index in [0.717, 1.165) is 29.0 Å². The first-order valence-corrected chi connectivity index (χ1v) is 9.05. The summed E-state index contributed by atoms with van der Waals surface area (Å²) in [4.78, 5) is 0. The van der Waals surface area contributed by atoms with Crippen LogP contribution in [0.15, 0.2) is 36.4 Å². The Balaban J connectivity index is 2.01. The lowest BCUT2D eigenvalue weighted by Gasteiger charge is -2.24. The Morgan fingerprint density at radius 3 is 2.44 bits per heavy atom. The lowest BCUT2D eigenvalue weighted by Crippen LogP contribution is -2.17. The van der Waals surface area contributed by atoms with Crippen LogP contribution in [0.3, 0.4) is 0 Å². The van der Waals surface area contributed by atoms with Crippen LogP contribution >= 0.6 is 11.6 Å². The van der Waals surface area contributed by atoms with Gasteiger partial charge < -0.3 is 15.2 Å². The van der Waals surface area contributed by atoms with Crippen molar-refractivity contribution in [1.82, 2.24) is 0 Å². The van der Waals surface area contributed by atoms with Gasteiger partial charge in [0.15, 0.2) is 0 Å². The van der Waals surface area contributed by atoms with Crippen molar-refractivity contribution in [3.8, 4) is 11.5 Å². The highest BCUT2D eigenvalue weighted by atomic mass is 35.5. The summed E-state index contributed by atoms with van der Waals surface area (Å²) in [5.41, 5.74) is 9.08. The topological polar surface area (TPSA) is 44.5 Å². The van der Waals surface area contributed by atoms with Crippen LogP contribution in [0.2, 0.25) is 5.02 Å². The number of nitrogens with two attached hydrogens (primary N) is 1. The molecule has 0 heterocycles. The Hall–Kier alpha value is -1.71. The number of para-hydroxylation sites is 1. The smallest absolute Gasteiger partial charge is 0.126 e. The minimum Gasteiger partial charge on any atom is -0.490 e. The van der Waals surface area contributed by atoms with Gasteiger partial charge in [-0.15, -0.1) is 0 Å². The van der Waals surface area contributed by atoms with Gasteiger partial charge in [-0.2, -0.15) is 0 Å². The van der Waals surface area contributed by atoms with Crippen LogP contribution in [0, 0.1) is 6.92 Å². The van der Waals surface area contributed by atoms with Gasteiger partial charge in [0.05, 0.1) is 0 Å². The van der Waals surface area contributed by atoms with Gasteiger partial charge in [-0.1, -0.05) is 50.6 Å². The first-order chi connectivity index (χ1) is 11.8. The van der Waals surface area contributed by atoms with E-state index in [1.807, 2.05) is 18.2 Å². The van der Waals surface area contributed by atoms with E-state index in [4.69, 9.17) is 26.8 Å². The maximum absolute atomic E-state index is 6.06. The molecule has 2 rings (SSSR count). The third-order valence-electron chi connectivity index (χ3n) is 4.04. The van der Waals surface area contributed by atoms with Crippen LogP contribution in [0.25, 0.3) is 0 Å². The van der Waals surface area contributed by atoms with Crippen molar-refractivity contribution in [3.05, 3.63) is 58.1 Å². The van der Waals surface area contributed by atoms with Crippen LogP contribution in [-0.2, 0) is 11.8 Å². The molecule has 0 atom stereocenters. The molecule has 2 aromatic carbocycles. The summed E-state index contributed by atoms with van der Waals surface area (Å²) in [6.07, 6.45) is 0.739. The molecule has 2 aromatic rings. The average molecular weight is 362 g/mol. The van der Waals surface area contributed by atoms with Gasteiger partial charge in [-0.25, -0.2) is 0 Å². The zero-order valence-electron chi connectivity index (χ0n) is 15.6. The van der Waals surface area contributed by atoms with Gasteiger partial charge in [-0.3, -0.25) is 0 Å². The predicted octanol–water partition coefficient (Wildman–Crippen LogP) is 4.90. The van der Waals surface area contributed by atoms with Gasteiger partial charge in [0, 0.05) is 5.02 Å². The Kier molecular flexibility index (Phi) is 6.74. The largest absolute Gasteiger partial charge is 0.490 e. The molecular formula is C21H28ClNO2. The van der Waals surface area contributed by atoms with E-state index in [0.29, 0.717) is 24.8 Å². The van der Waals surface area contributed by atoms with Crippen molar-refractivity contribution in [2.75, 3.05) is 19.8 Å². The molecule has 0 aromatic heterocycles. The van der Waals surface area contributed by atoms with Gasteiger partial charge in [0.1, 0.15) is 24.7 Å². The Bertz CT molecular complexity index is 708. The fourth-order valence-corrected chi connectivity index (χ4v) is 2.96. The number of aryl methyl sites for hydroxylation is 1. The number of halogens is 1. The van der Waals surface area contributed by atoms with Gasteiger partial charge in [0.25, 0.3) is 0 Å². The van der Waals surface area contributed by atoms with Crippen LogP contribution < -0.4 is 15.2 Å². The van der Waals surface area contributed by atoms with E-state index < -0.39 is 0 Å². The number of rotatable bonds is 7. The van der Waals surface area contributed by atoms with E-state index >= 15 is 0 Å². The molecule has 0 aliphatic carbocycles. The molecule has 2 N–H and O–H groups in total. The lowest BCUT2D eigenvalue weighted by atomic mass is 9.85. The van der Waals surface area contributed by atoms with E-state index in [-0.39, 0.29) is 5.41 Å². The zero-order valence-corrected chi connectivity index (χ0v) is 16.3. The molecule has 3 nitrogen and oxygen atoms in total. The fraction of sp³-hybridized carbons (Fsp3) is 0.429. The van der Waals surface area contributed by atoms with Crippen LogP contribution in [0.1, 0.15) is 37.5 Å². The van der Waals surface area contributed by atoms with Gasteiger partial charge >= 0.3 is 0 Å². The molecule has 0 unspecified atom stereocenters. The minimum atomic E-state index is 0.0344. The summed E-state index contributed by atoms with van der Waals surface area (Å²) >= 11 is 6.05. The number of ether oxygens (including phenoxy) is 2. The second kappa shape index (κ2) is 8.59. The van der Waals surface area contributed by atoms with E-state index in [9.17, 15) is 0 Å². The standard InChI is InChI=1S/C21H28ClNO2/c1-15-6-5-7-18(21(2,3)4)20(15)25-13-12-24-19-9-8-17(22)14-16(19)10-11-23/h5-9,14H,10-13,23H2,1-4H3. The monoisotopic (exact) mass is 361 g/mol. The summed E-state index contributed by atoms with van der Waals surface area (Å²) in [6, 6.07) is 11.9. The second-order valence-electron chi connectivity index (χ2n) is 7.19. The zero-order chi connectivity index (χ0) is 18.4. The molecule has 0 bridgehead atoms. The minimum absolute atomic E-state index is 0.0344. The highest BCUT2D eigenvalue weighted by Crippen LogP contribution is 2.33. The molecule has 0 aliphatic rings. The molecule has 0 radical (unpaired) electrons. The first-order valence-electron chi connectivity index (χ1n) is 8.67. The summed E-state index contributed by atoms with van der Waals surface area (Å²) in [7, 11) is 0. The fourth-order valence-electron chi connectivity index (χ4n) is 2.77. The SMILES string of the molecule is Cc1cccc(C(C)(C)C)c1OCCOc1ccc(Cl)cc1CCN. The molecular weight excluding hydrogens is 334 g/mol. The van der Waals surface area contributed by atoms with Crippen molar-refractivity contribution < 1.29 is 9.47 Å². The first kappa shape index (κ1) is 19.6. The number of benzene rings is 2. The average Bonchev–Trinajstić information content (AvgIpc) is 2.53. The summed E-state index contributed by atoms with van der Waals surface area (Å²) < 4.78 is 12.0. The Morgan fingerprint density at radius 1 is 1.04 bits per heavy atom. The lowest BCUT2D eigenvalue weighted by molar-refractivity contribution is 0.212. The molecule has 0 saturated heterocycles. The summed E-state index contributed by atoms with van der Waals surface area (Å²) in [5.74, 6) is 1.77. The summed E-state index contributed by atoms with van der Waals surface area (Å²) in [5, 5.41) is 0.696. The van der Waals surface area contributed by atoms with Crippen LogP contribution in [-0.4, -0.2) is 19.8 Å². The van der Waals surface area contributed by atoms with E-state index in [2.05, 4.69) is 45.9 Å². The van der Waals surface area contributed by atoms with Crippen LogP contribution in [0.4, 0.5) is 0 Å². The van der Waals surface area contributed by atoms with Crippen molar-refractivity contribution in [1.29, 1.82) is 0 Å². The third kappa shape index (κ3) is 5.38. The van der Waals surface area contributed by atoms with E-state index in [1.165, 1.54) is 5.56 Å². The molecule has 0 spiro atoms. The quantitative estimate of drug-likeness (QED) is 0.713. The number of hydrogen-bond donors (Lipinski definition) is 1. The molecule has 0 fully saturated rings.